The Hall–Kier alpha value is -1.09. The van der Waals surface area contributed by atoms with Gasteiger partial charge in [-0.15, -0.1) is 0 Å². The van der Waals surface area contributed by atoms with Crippen LogP contribution in [0.15, 0.2) is 18.3 Å². The third kappa shape index (κ3) is 1.92. The quantitative estimate of drug-likeness (QED) is 0.777. The van der Waals surface area contributed by atoms with Gasteiger partial charge in [0, 0.05) is 13.2 Å². The molecule has 2 atom stereocenters. The Morgan fingerprint density at radius 1 is 1.56 bits per heavy atom. The second-order valence-corrected chi connectivity index (χ2v) is 5.02. The van der Waals surface area contributed by atoms with E-state index in [9.17, 15) is 9.90 Å². The van der Waals surface area contributed by atoms with Crippen molar-refractivity contribution in [1.29, 1.82) is 0 Å². The Labute approximate surface area is 96.1 Å². The van der Waals surface area contributed by atoms with E-state index in [2.05, 4.69) is 0 Å². The molecule has 3 heteroatoms. The number of aryl methyl sites for hydroxylation is 1. The molecule has 1 N–H and O–H groups in total. The maximum absolute atomic E-state index is 12.3. The molecule has 1 saturated carbocycles. The van der Waals surface area contributed by atoms with E-state index in [0.717, 1.165) is 25.7 Å². The number of hydrogen-bond donors (Lipinski definition) is 1. The minimum atomic E-state index is -0.834. The standard InChI is InChI=1S/C13H19NO2/c1-13(16)8-4-3-6-10(13)12(15)11-7-5-9-14(11)2/h5,7,9-10,16H,3-4,6,8H2,1-2H3/t10-,13-/m0/s1. The van der Waals surface area contributed by atoms with Crippen molar-refractivity contribution in [1.82, 2.24) is 4.57 Å². The van der Waals surface area contributed by atoms with Gasteiger partial charge in [0.1, 0.15) is 0 Å². The van der Waals surface area contributed by atoms with Crippen LogP contribution in [0.25, 0.3) is 0 Å². The molecule has 1 aliphatic rings. The summed E-state index contributed by atoms with van der Waals surface area (Å²) in [5.41, 5.74) is -0.133. The lowest BCUT2D eigenvalue weighted by Crippen LogP contribution is -2.42. The van der Waals surface area contributed by atoms with Crippen LogP contribution < -0.4 is 0 Å². The molecule has 0 aliphatic heterocycles. The average molecular weight is 221 g/mol. The van der Waals surface area contributed by atoms with Gasteiger partial charge in [0.25, 0.3) is 0 Å². The summed E-state index contributed by atoms with van der Waals surface area (Å²) in [6, 6.07) is 3.69. The first kappa shape index (κ1) is 11.4. The number of aliphatic hydroxyl groups is 1. The van der Waals surface area contributed by atoms with Gasteiger partial charge in [0.05, 0.1) is 17.2 Å². The van der Waals surface area contributed by atoms with Crippen LogP contribution in [-0.4, -0.2) is 21.1 Å². The second kappa shape index (κ2) is 4.06. The van der Waals surface area contributed by atoms with E-state index in [0.29, 0.717) is 5.69 Å². The second-order valence-electron chi connectivity index (χ2n) is 5.02. The molecule has 0 unspecified atom stereocenters. The van der Waals surface area contributed by atoms with Crippen molar-refractivity contribution in [2.24, 2.45) is 13.0 Å². The molecule has 16 heavy (non-hydrogen) atoms. The van der Waals surface area contributed by atoms with Crippen molar-refractivity contribution >= 4 is 5.78 Å². The van der Waals surface area contributed by atoms with Crippen LogP contribution in [0.5, 0.6) is 0 Å². The summed E-state index contributed by atoms with van der Waals surface area (Å²) < 4.78 is 1.83. The molecule has 1 aromatic rings. The highest BCUT2D eigenvalue weighted by molar-refractivity contribution is 5.97. The maximum Gasteiger partial charge on any atom is 0.185 e. The van der Waals surface area contributed by atoms with Crippen LogP contribution in [0.1, 0.15) is 43.1 Å². The lowest BCUT2D eigenvalue weighted by atomic mass is 9.74. The number of nitrogens with zero attached hydrogens (tertiary/aromatic N) is 1. The highest BCUT2D eigenvalue weighted by Crippen LogP contribution is 2.35. The zero-order valence-electron chi connectivity index (χ0n) is 9.94. The minimum absolute atomic E-state index is 0.0807. The maximum atomic E-state index is 12.3. The largest absolute Gasteiger partial charge is 0.389 e. The molecule has 0 spiro atoms. The number of carbonyl (C=O) groups is 1. The van der Waals surface area contributed by atoms with Gasteiger partial charge in [0.15, 0.2) is 5.78 Å². The molecular formula is C13H19NO2. The van der Waals surface area contributed by atoms with E-state index in [1.165, 1.54) is 0 Å². The van der Waals surface area contributed by atoms with E-state index in [4.69, 9.17) is 0 Å². The van der Waals surface area contributed by atoms with Crippen LogP contribution in [-0.2, 0) is 7.05 Å². The first-order valence-corrected chi connectivity index (χ1v) is 5.90. The summed E-state index contributed by atoms with van der Waals surface area (Å²) in [5.74, 6) is -0.160. The fourth-order valence-electron chi connectivity index (χ4n) is 2.63. The molecular weight excluding hydrogens is 202 g/mol. The zero-order chi connectivity index (χ0) is 11.8. The van der Waals surface area contributed by atoms with Crippen molar-refractivity contribution in [2.75, 3.05) is 0 Å². The first-order chi connectivity index (χ1) is 7.52. The predicted octanol–water partition coefficient (Wildman–Crippen LogP) is 2.15. The van der Waals surface area contributed by atoms with Crippen LogP contribution in [0.3, 0.4) is 0 Å². The number of Topliss-reactive ketones (excluding diaryl/α,β-unsaturated/α-hetero) is 1. The number of ketones is 1. The summed E-state index contributed by atoms with van der Waals surface area (Å²) in [6.45, 7) is 1.79. The normalized spacial score (nSPS) is 30.3. The molecule has 2 rings (SSSR count). The summed E-state index contributed by atoms with van der Waals surface area (Å²) >= 11 is 0. The fraction of sp³-hybridized carbons (Fsp3) is 0.615. The smallest absolute Gasteiger partial charge is 0.185 e. The van der Waals surface area contributed by atoms with E-state index >= 15 is 0 Å². The molecule has 0 amide bonds. The van der Waals surface area contributed by atoms with Gasteiger partial charge >= 0.3 is 0 Å². The minimum Gasteiger partial charge on any atom is -0.389 e. The molecule has 0 radical (unpaired) electrons. The Balaban J connectivity index is 2.24. The number of carbonyl (C=O) groups excluding carboxylic acids is 1. The Bertz CT molecular complexity index is 392. The third-order valence-corrected chi connectivity index (χ3v) is 3.69. The monoisotopic (exact) mass is 221 g/mol. The van der Waals surface area contributed by atoms with Gasteiger partial charge in [0.2, 0.25) is 0 Å². The van der Waals surface area contributed by atoms with E-state index in [-0.39, 0.29) is 11.7 Å². The SMILES string of the molecule is Cn1cccc1C(=O)[C@@H]1CCCC[C@]1(C)O. The van der Waals surface area contributed by atoms with Crippen molar-refractivity contribution in [3.8, 4) is 0 Å². The predicted molar refractivity (Wildman–Crippen MR) is 62.3 cm³/mol. The van der Waals surface area contributed by atoms with Crippen LogP contribution in [0.2, 0.25) is 0 Å². The highest BCUT2D eigenvalue weighted by atomic mass is 16.3. The summed E-state index contributed by atoms with van der Waals surface area (Å²) in [7, 11) is 1.87. The molecule has 1 fully saturated rings. The van der Waals surface area contributed by atoms with Crippen LogP contribution in [0, 0.1) is 5.92 Å². The van der Waals surface area contributed by atoms with Crippen molar-refractivity contribution < 1.29 is 9.90 Å². The number of aromatic nitrogens is 1. The molecule has 0 bridgehead atoms. The molecule has 1 aliphatic carbocycles. The molecule has 3 nitrogen and oxygen atoms in total. The Morgan fingerprint density at radius 2 is 2.31 bits per heavy atom. The van der Waals surface area contributed by atoms with Gasteiger partial charge in [-0.3, -0.25) is 4.79 Å². The van der Waals surface area contributed by atoms with Gasteiger partial charge in [-0.25, -0.2) is 0 Å². The molecule has 1 heterocycles. The third-order valence-electron chi connectivity index (χ3n) is 3.69. The van der Waals surface area contributed by atoms with E-state index < -0.39 is 5.60 Å². The topological polar surface area (TPSA) is 42.2 Å². The van der Waals surface area contributed by atoms with Crippen molar-refractivity contribution in [3.63, 3.8) is 0 Å². The summed E-state index contributed by atoms with van der Waals surface area (Å²) in [4.78, 5) is 12.3. The Morgan fingerprint density at radius 3 is 2.88 bits per heavy atom. The molecule has 88 valence electrons. The molecule has 1 aromatic heterocycles. The van der Waals surface area contributed by atoms with Crippen LogP contribution in [0.4, 0.5) is 0 Å². The first-order valence-electron chi connectivity index (χ1n) is 5.90. The lowest BCUT2D eigenvalue weighted by Gasteiger charge is -2.36. The highest BCUT2D eigenvalue weighted by Gasteiger charge is 2.39. The van der Waals surface area contributed by atoms with E-state index in [1.54, 1.807) is 6.92 Å². The van der Waals surface area contributed by atoms with Gasteiger partial charge < -0.3 is 9.67 Å². The van der Waals surface area contributed by atoms with E-state index in [1.807, 2.05) is 29.9 Å². The number of hydrogen-bond acceptors (Lipinski definition) is 2. The Kier molecular flexibility index (Phi) is 2.89. The van der Waals surface area contributed by atoms with Crippen molar-refractivity contribution in [3.05, 3.63) is 24.0 Å². The van der Waals surface area contributed by atoms with Gasteiger partial charge in [-0.05, 0) is 31.9 Å². The lowest BCUT2D eigenvalue weighted by molar-refractivity contribution is -0.0214. The molecule has 0 aromatic carbocycles. The summed E-state index contributed by atoms with van der Waals surface area (Å²) in [6.07, 6.45) is 5.45. The van der Waals surface area contributed by atoms with Gasteiger partial charge in [-0.1, -0.05) is 12.8 Å². The van der Waals surface area contributed by atoms with Gasteiger partial charge in [-0.2, -0.15) is 0 Å². The summed E-state index contributed by atoms with van der Waals surface area (Å²) in [5, 5.41) is 10.3. The number of rotatable bonds is 2. The van der Waals surface area contributed by atoms with Crippen molar-refractivity contribution in [2.45, 2.75) is 38.2 Å². The fourth-order valence-corrected chi connectivity index (χ4v) is 2.63. The molecule has 0 saturated heterocycles. The zero-order valence-corrected chi connectivity index (χ0v) is 9.94. The average Bonchev–Trinajstić information content (AvgIpc) is 2.63. The van der Waals surface area contributed by atoms with Crippen LogP contribution >= 0.6 is 0 Å².